The van der Waals surface area contributed by atoms with Gasteiger partial charge >= 0.3 is 6.09 Å². The highest BCUT2D eigenvalue weighted by molar-refractivity contribution is 6.31. The lowest BCUT2D eigenvalue weighted by Gasteiger charge is -2.33. The first kappa shape index (κ1) is 39.3. The van der Waals surface area contributed by atoms with Gasteiger partial charge in [0.25, 0.3) is 11.0 Å². The van der Waals surface area contributed by atoms with E-state index >= 15 is 0 Å². The number of ether oxygens (including phenoxy) is 6. The fourth-order valence-electron chi connectivity index (χ4n) is 6.03. The second-order valence-corrected chi connectivity index (χ2v) is 13.1. The fourth-order valence-corrected chi connectivity index (χ4v) is 6.24. The number of halogens is 4. The van der Waals surface area contributed by atoms with Crippen molar-refractivity contribution in [2.75, 3.05) is 59.5 Å². The van der Waals surface area contributed by atoms with Crippen molar-refractivity contribution in [3.8, 4) is 23.0 Å². The molecular weight excluding hydrogens is 755 g/mol. The van der Waals surface area contributed by atoms with Crippen LogP contribution in [0.5, 0.6) is 23.0 Å². The molecule has 2 aliphatic heterocycles. The summed E-state index contributed by atoms with van der Waals surface area (Å²) in [5.41, 5.74) is 2.55. The van der Waals surface area contributed by atoms with Gasteiger partial charge in [-0.25, -0.2) is 18.0 Å². The molecule has 3 aromatic rings. The number of rotatable bonds is 18. The number of nitrogens with zero attached hydrogens (tertiary/aromatic N) is 3. The van der Waals surface area contributed by atoms with E-state index in [2.05, 4.69) is 4.84 Å². The van der Waals surface area contributed by atoms with Crippen LogP contribution >= 0.6 is 11.6 Å². The Kier molecular flexibility index (Phi) is 13.0. The number of carbonyl (C=O) groups excluding carboxylic acids is 2. The molecule has 1 aliphatic carbocycles. The molecule has 0 saturated heterocycles. The predicted octanol–water partition coefficient (Wildman–Crippen LogP) is 6.35. The van der Waals surface area contributed by atoms with E-state index in [0.717, 1.165) is 24.0 Å². The Morgan fingerprint density at radius 3 is 2.35 bits per heavy atom. The van der Waals surface area contributed by atoms with Gasteiger partial charge in [-0.15, -0.1) is 10.1 Å². The maximum atomic E-state index is 14.5. The third-order valence-corrected chi connectivity index (χ3v) is 9.19. The summed E-state index contributed by atoms with van der Waals surface area (Å²) in [5, 5.41) is 9.76. The predicted molar refractivity (Wildman–Crippen MR) is 188 cm³/mol. The van der Waals surface area contributed by atoms with E-state index in [9.17, 15) is 32.9 Å². The van der Waals surface area contributed by atoms with Gasteiger partial charge in [0.1, 0.15) is 31.4 Å². The lowest BCUT2D eigenvalue weighted by Crippen LogP contribution is -2.43. The number of fused-ring (bicyclic) bond motifs is 1. The van der Waals surface area contributed by atoms with Gasteiger partial charge in [-0.1, -0.05) is 23.7 Å². The molecule has 0 radical (unpaired) electrons. The van der Waals surface area contributed by atoms with Crippen molar-refractivity contribution in [2.45, 2.75) is 38.3 Å². The normalized spacial score (nSPS) is 14.8. The molecule has 1 saturated carbocycles. The zero-order valence-corrected chi connectivity index (χ0v) is 30.2. The van der Waals surface area contributed by atoms with Gasteiger partial charge in [-0.3, -0.25) is 4.79 Å². The quantitative estimate of drug-likeness (QED) is 0.0807. The van der Waals surface area contributed by atoms with Crippen molar-refractivity contribution in [2.24, 2.45) is 0 Å². The van der Waals surface area contributed by atoms with Gasteiger partial charge in [-0.05, 0) is 54.2 Å². The van der Waals surface area contributed by atoms with E-state index < -0.39 is 34.4 Å². The first-order valence-corrected chi connectivity index (χ1v) is 17.8. The zero-order valence-electron chi connectivity index (χ0n) is 29.4. The number of hydrogen-bond acceptors (Lipinski definition) is 11. The molecule has 0 bridgehead atoms. The van der Waals surface area contributed by atoms with E-state index in [4.69, 9.17) is 40.0 Å². The second-order valence-electron chi connectivity index (χ2n) is 12.6. The first-order chi connectivity index (χ1) is 26.6. The standard InChI is InChI=1S/C37H37ClF3N3O11/c38-30-19-34-33(53-22-54-34)16-24(30)20-43(26-4-5-26)36(45)29-21-42(37(46)52-11-1-10-49-12-15-55-44(47)48)9-8-28(29)23-2-6-27(7-3-23)50-13-14-51-35-31(40)17-25(39)18-32(35)41/h2-3,6-7,16-19,26H,1,4-5,8-15,20-22H2. The summed E-state index contributed by atoms with van der Waals surface area (Å²) in [6.45, 7) is 0.259. The molecule has 2 amide bonds. The Morgan fingerprint density at radius 2 is 1.64 bits per heavy atom. The van der Waals surface area contributed by atoms with Crippen LogP contribution < -0.4 is 18.9 Å². The first-order valence-electron chi connectivity index (χ1n) is 17.5. The minimum atomic E-state index is -1.16. The maximum Gasteiger partial charge on any atom is 0.410 e. The van der Waals surface area contributed by atoms with Crippen molar-refractivity contribution in [3.63, 3.8) is 0 Å². The molecule has 0 N–H and O–H groups in total. The third kappa shape index (κ3) is 10.4. The molecular formula is C37H37ClF3N3O11. The molecule has 0 unspecified atom stereocenters. The molecule has 1 fully saturated rings. The molecule has 55 heavy (non-hydrogen) atoms. The van der Waals surface area contributed by atoms with Gasteiger partial charge in [0, 0.05) is 61.0 Å². The van der Waals surface area contributed by atoms with E-state index in [0.29, 0.717) is 58.4 Å². The highest BCUT2D eigenvalue weighted by atomic mass is 35.5. The fraction of sp³-hybridized carbons (Fsp3) is 0.405. The molecule has 0 aromatic heterocycles. The maximum absolute atomic E-state index is 14.5. The zero-order chi connectivity index (χ0) is 38.9. The molecule has 2 heterocycles. The minimum Gasteiger partial charge on any atom is -0.490 e. The minimum absolute atomic E-state index is 0.0105. The van der Waals surface area contributed by atoms with Crippen LogP contribution in [-0.2, 0) is 25.7 Å². The van der Waals surface area contributed by atoms with Crippen LogP contribution in [0.3, 0.4) is 0 Å². The lowest BCUT2D eigenvalue weighted by molar-refractivity contribution is -0.758. The monoisotopic (exact) mass is 791 g/mol. The Balaban J connectivity index is 1.14. The summed E-state index contributed by atoms with van der Waals surface area (Å²) in [6.07, 6.45) is 1.68. The topological polar surface area (TPSA) is 148 Å². The molecule has 14 nitrogen and oxygen atoms in total. The van der Waals surface area contributed by atoms with Crippen LogP contribution in [0.1, 0.15) is 36.8 Å². The van der Waals surface area contributed by atoms with E-state index in [1.807, 2.05) is 0 Å². The molecule has 3 aromatic carbocycles. The Labute approximate surface area is 318 Å². The summed E-state index contributed by atoms with van der Waals surface area (Å²) in [5.74, 6) is -2.86. The van der Waals surface area contributed by atoms with Gasteiger partial charge in [0.05, 0.1) is 19.8 Å². The van der Waals surface area contributed by atoms with E-state index in [1.165, 1.54) is 4.90 Å². The Bertz CT molecular complexity index is 1890. The average molecular weight is 792 g/mol. The van der Waals surface area contributed by atoms with Crippen LogP contribution in [-0.4, -0.2) is 92.5 Å². The number of carbonyl (C=O) groups is 2. The van der Waals surface area contributed by atoms with Gasteiger partial charge in [0.15, 0.2) is 28.9 Å². The Morgan fingerprint density at radius 1 is 0.927 bits per heavy atom. The highest BCUT2D eigenvalue weighted by Crippen LogP contribution is 2.40. The van der Waals surface area contributed by atoms with Crippen molar-refractivity contribution >= 4 is 29.2 Å². The van der Waals surface area contributed by atoms with Crippen LogP contribution in [0.25, 0.3) is 5.57 Å². The van der Waals surface area contributed by atoms with E-state index in [-0.39, 0.29) is 78.0 Å². The van der Waals surface area contributed by atoms with Crippen molar-refractivity contribution in [1.29, 1.82) is 0 Å². The summed E-state index contributed by atoms with van der Waals surface area (Å²) < 4.78 is 73.5. The molecule has 3 aliphatic rings. The Hall–Kier alpha value is -5.42. The summed E-state index contributed by atoms with van der Waals surface area (Å²) in [7, 11) is 0. The van der Waals surface area contributed by atoms with Crippen LogP contribution in [0.2, 0.25) is 5.02 Å². The van der Waals surface area contributed by atoms with Crippen LogP contribution in [0.15, 0.2) is 54.1 Å². The SMILES string of the molecule is O=C(OCCCOCCO[N+](=O)[O-])N1CCC(c2ccc(OCCOc3c(F)cc(F)cc3F)cc2)=C(C(=O)N(Cc2cc3c(cc2Cl)OCO3)C2CC2)C1. The summed E-state index contributed by atoms with van der Waals surface area (Å²) in [6, 6.07) is 11.4. The number of benzene rings is 3. The third-order valence-electron chi connectivity index (χ3n) is 8.84. The van der Waals surface area contributed by atoms with Crippen LogP contribution in [0, 0.1) is 27.6 Å². The average Bonchev–Trinajstić information content (AvgIpc) is 3.91. The molecule has 18 heteroatoms. The molecule has 0 atom stereocenters. The smallest absolute Gasteiger partial charge is 0.410 e. The molecule has 6 rings (SSSR count). The second kappa shape index (κ2) is 18.3. The molecule has 294 valence electrons. The summed E-state index contributed by atoms with van der Waals surface area (Å²) in [4.78, 5) is 45.4. The van der Waals surface area contributed by atoms with Crippen molar-refractivity contribution in [3.05, 3.63) is 97.8 Å². The van der Waals surface area contributed by atoms with Gasteiger partial charge in [0.2, 0.25) is 6.79 Å². The van der Waals surface area contributed by atoms with E-state index in [1.54, 1.807) is 41.3 Å². The largest absolute Gasteiger partial charge is 0.490 e. The molecule has 0 spiro atoms. The number of hydrogen-bond donors (Lipinski definition) is 0. The highest BCUT2D eigenvalue weighted by Gasteiger charge is 2.38. The van der Waals surface area contributed by atoms with Crippen molar-refractivity contribution in [1.82, 2.24) is 9.80 Å². The van der Waals surface area contributed by atoms with Crippen LogP contribution in [0.4, 0.5) is 18.0 Å². The van der Waals surface area contributed by atoms with Gasteiger partial charge < -0.3 is 43.1 Å². The van der Waals surface area contributed by atoms with Gasteiger partial charge in [-0.2, -0.15) is 0 Å². The van der Waals surface area contributed by atoms with Crippen molar-refractivity contribution < 1.29 is 61.1 Å². The lowest BCUT2D eigenvalue weighted by atomic mass is 9.92. The summed E-state index contributed by atoms with van der Waals surface area (Å²) >= 11 is 6.61. The number of amides is 2.